The fourth-order valence-corrected chi connectivity index (χ4v) is 2.00. The van der Waals surface area contributed by atoms with Gasteiger partial charge in [-0.05, 0) is 30.4 Å². The third-order valence-corrected chi connectivity index (χ3v) is 3.38. The predicted molar refractivity (Wildman–Crippen MR) is 69.7 cm³/mol. The summed E-state index contributed by atoms with van der Waals surface area (Å²) in [7, 11) is 0. The Hall–Kier alpha value is -0.900. The Labute approximate surface area is 103 Å². The summed E-state index contributed by atoms with van der Waals surface area (Å²) in [6.07, 6.45) is 1.40. The Morgan fingerprint density at radius 1 is 1.29 bits per heavy atom. The number of nitrogens with two attached hydrogens (primary N) is 1. The lowest BCUT2D eigenvalue weighted by Crippen LogP contribution is -2.25. The molecule has 0 saturated heterocycles. The molecule has 17 heavy (non-hydrogen) atoms. The number of hydrogen-bond donors (Lipinski definition) is 3. The Morgan fingerprint density at radius 2 is 1.94 bits per heavy atom. The Bertz CT molecular complexity index is 348. The Morgan fingerprint density at radius 3 is 2.47 bits per heavy atom. The van der Waals surface area contributed by atoms with Gasteiger partial charge in [-0.25, -0.2) is 0 Å². The molecule has 3 heteroatoms. The van der Waals surface area contributed by atoms with E-state index in [9.17, 15) is 10.2 Å². The minimum Gasteiger partial charge on any atom is -0.391 e. The van der Waals surface area contributed by atoms with E-state index in [-0.39, 0.29) is 6.54 Å². The molecule has 1 unspecified atom stereocenters. The summed E-state index contributed by atoms with van der Waals surface area (Å²) >= 11 is 0. The van der Waals surface area contributed by atoms with Gasteiger partial charge in [-0.1, -0.05) is 38.1 Å². The van der Waals surface area contributed by atoms with Crippen molar-refractivity contribution in [1.82, 2.24) is 0 Å². The molecule has 1 aromatic rings. The fraction of sp³-hybridized carbons (Fsp3) is 0.571. The third-order valence-electron chi connectivity index (χ3n) is 3.38. The zero-order chi connectivity index (χ0) is 12.9. The first kappa shape index (κ1) is 14.2. The summed E-state index contributed by atoms with van der Waals surface area (Å²) in [4.78, 5) is 0. The lowest BCUT2D eigenvalue weighted by Gasteiger charge is -2.26. The lowest BCUT2D eigenvalue weighted by atomic mass is 9.87. The van der Waals surface area contributed by atoms with Crippen LogP contribution in [0.25, 0.3) is 0 Å². The second kappa shape index (κ2) is 6.15. The van der Waals surface area contributed by atoms with Crippen LogP contribution in [0.4, 0.5) is 0 Å². The zero-order valence-electron chi connectivity index (χ0n) is 10.7. The highest BCUT2D eigenvalue weighted by Crippen LogP contribution is 2.29. The minimum atomic E-state index is -0.760. The summed E-state index contributed by atoms with van der Waals surface area (Å²) in [5, 5.41) is 20.0. The number of rotatable bonds is 6. The highest BCUT2D eigenvalue weighted by Gasteiger charge is 2.24. The summed E-state index contributed by atoms with van der Waals surface area (Å²) in [5.74, 6) is 0. The normalized spacial score (nSPS) is 13.7. The molecule has 4 N–H and O–H groups in total. The fourth-order valence-electron chi connectivity index (χ4n) is 2.00. The summed E-state index contributed by atoms with van der Waals surface area (Å²) < 4.78 is 0. The van der Waals surface area contributed by atoms with Gasteiger partial charge in [0.15, 0.2) is 0 Å². The van der Waals surface area contributed by atoms with Gasteiger partial charge in [0, 0.05) is 6.54 Å². The first-order valence-corrected chi connectivity index (χ1v) is 6.25. The van der Waals surface area contributed by atoms with Crippen molar-refractivity contribution in [2.45, 2.75) is 44.8 Å². The minimum absolute atomic E-state index is 0.260. The van der Waals surface area contributed by atoms with Gasteiger partial charge in [-0.2, -0.15) is 0 Å². The Kier molecular flexibility index (Phi) is 5.12. The quantitative estimate of drug-likeness (QED) is 0.703. The molecule has 0 amide bonds. The van der Waals surface area contributed by atoms with Gasteiger partial charge in [0.25, 0.3) is 0 Å². The van der Waals surface area contributed by atoms with E-state index in [1.54, 1.807) is 0 Å². The molecule has 0 fully saturated rings. The summed E-state index contributed by atoms with van der Waals surface area (Å²) in [6.45, 7) is 4.21. The van der Waals surface area contributed by atoms with Gasteiger partial charge >= 0.3 is 0 Å². The van der Waals surface area contributed by atoms with Crippen molar-refractivity contribution in [2.24, 2.45) is 5.73 Å². The number of aliphatic hydroxyl groups is 2. The van der Waals surface area contributed by atoms with E-state index in [0.29, 0.717) is 19.3 Å². The molecule has 0 aliphatic rings. The van der Waals surface area contributed by atoms with Crippen molar-refractivity contribution < 1.29 is 10.2 Å². The largest absolute Gasteiger partial charge is 0.391 e. The van der Waals surface area contributed by atoms with E-state index in [1.165, 1.54) is 0 Å². The van der Waals surface area contributed by atoms with E-state index >= 15 is 0 Å². The smallest absolute Gasteiger partial charge is 0.0891 e. The molecule has 96 valence electrons. The third kappa shape index (κ3) is 3.53. The van der Waals surface area contributed by atoms with Crippen molar-refractivity contribution in [3.63, 3.8) is 0 Å². The topological polar surface area (TPSA) is 66.5 Å². The number of hydrogen-bond acceptors (Lipinski definition) is 3. The maximum absolute atomic E-state index is 10.4. The van der Waals surface area contributed by atoms with Gasteiger partial charge in [0.05, 0.1) is 11.7 Å². The zero-order valence-corrected chi connectivity index (χ0v) is 10.7. The van der Waals surface area contributed by atoms with Gasteiger partial charge in [0.2, 0.25) is 0 Å². The van der Waals surface area contributed by atoms with Crippen LogP contribution in [0.2, 0.25) is 0 Å². The molecule has 1 rings (SSSR count). The molecule has 0 aliphatic carbocycles. The SMILES string of the molecule is CCC(O)(CC)c1cccc(CC(O)CN)c1. The second-order valence-corrected chi connectivity index (χ2v) is 4.53. The molecule has 0 aromatic heterocycles. The van der Waals surface area contributed by atoms with Crippen LogP contribution in [0.3, 0.4) is 0 Å². The van der Waals surface area contributed by atoms with Crippen molar-refractivity contribution in [1.29, 1.82) is 0 Å². The van der Waals surface area contributed by atoms with E-state index in [0.717, 1.165) is 11.1 Å². The maximum atomic E-state index is 10.4. The van der Waals surface area contributed by atoms with Crippen LogP contribution >= 0.6 is 0 Å². The van der Waals surface area contributed by atoms with Crippen molar-refractivity contribution in [2.75, 3.05) is 6.54 Å². The second-order valence-electron chi connectivity index (χ2n) is 4.53. The standard InChI is InChI=1S/C14H23NO2/c1-3-14(17,4-2)12-7-5-6-11(8-12)9-13(16)10-15/h5-8,13,16-17H,3-4,9-10,15H2,1-2H3. The van der Waals surface area contributed by atoms with Crippen LogP contribution in [-0.2, 0) is 12.0 Å². The van der Waals surface area contributed by atoms with Gasteiger partial charge in [-0.15, -0.1) is 0 Å². The van der Waals surface area contributed by atoms with E-state index in [4.69, 9.17) is 5.73 Å². The van der Waals surface area contributed by atoms with Crippen molar-refractivity contribution in [3.8, 4) is 0 Å². The van der Waals surface area contributed by atoms with Crippen LogP contribution in [0, 0.1) is 0 Å². The lowest BCUT2D eigenvalue weighted by molar-refractivity contribution is 0.0282. The number of benzene rings is 1. The molecule has 0 bridgehead atoms. The van der Waals surface area contributed by atoms with E-state index in [1.807, 2.05) is 38.1 Å². The average molecular weight is 237 g/mol. The molecule has 0 aliphatic heterocycles. The highest BCUT2D eigenvalue weighted by molar-refractivity contribution is 5.28. The van der Waals surface area contributed by atoms with Gasteiger partial charge < -0.3 is 15.9 Å². The van der Waals surface area contributed by atoms with Crippen molar-refractivity contribution in [3.05, 3.63) is 35.4 Å². The summed E-state index contributed by atoms with van der Waals surface area (Å²) in [5.41, 5.74) is 6.57. The monoisotopic (exact) mass is 237 g/mol. The van der Waals surface area contributed by atoms with E-state index < -0.39 is 11.7 Å². The number of aliphatic hydroxyl groups excluding tert-OH is 1. The first-order valence-electron chi connectivity index (χ1n) is 6.25. The van der Waals surface area contributed by atoms with Crippen LogP contribution in [0.1, 0.15) is 37.8 Å². The van der Waals surface area contributed by atoms with Crippen LogP contribution < -0.4 is 5.73 Å². The average Bonchev–Trinajstić information content (AvgIpc) is 2.38. The van der Waals surface area contributed by atoms with Crippen LogP contribution in [0.5, 0.6) is 0 Å². The van der Waals surface area contributed by atoms with Crippen molar-refractivity contribution >= 4 is 0 Å². The first-order chi connectivity index (χ1) is 8.05. The molecule has 0 radical (unpaired) electrons. The summed E-state index contributed by atoms with van der Waals surface area (Å²) in [6, 6.07) is 7.77. The molecule has 3 nitrogen and oxygen atoms in total. The molecule has 0 spiro atoms. The van der Waals surface area contributed by atoms with Crippen LogP contribution in [0.15, 0.2) is 24.3 Å². The molecule has 0 heterocycles. The van der Waals surface area contributed by atoms with Gasteiger partial charge in [0.1, 0.15) is 0 Å². The van der Waals surface area contributed by atoms with E-state index in [2.05, 4.69) is 0 Å². The Balaban J connectivity index is 2.92. The molecule has 1 aromatic carbocycles. The van der Waals surface area contributed by atoms with Crippen LogP contribution in [-0.4, -0.2) is 22.9 Å². The predicted octanol–water partition coefficient (Wildman–Crippen LogP) is 1.56. The molecule has 1 atom stereocenters. The molecular formula is C14H23NO2. The molecular weight excluding hydrogens is 214 g/mol. The van der Waals surface area contributed by atoms with Gasteiger partial charge in [-0.3, -0.25) is 0 Å². The maximum Gasteiger partial charge on any atom is 0.0891 e. The molecule has 0 saturated carbocycles. The highest BCUT2D eigenvalue weighted by atomic mass is 16.3.